The number of carbonyl (C=O) groups is 1. The highest BCUT2D eigenvalue weighted by Gasteiger charge is 2.50. The van der Waals surface area contributed by atoms with Crippen molar-refractivity contribution in [1.29, 1.82) is 0 Å². The number of methoxy groups -OCH3 is 1. The molecule has 1 fully saturated rings. The van der Waals surface area contributed by atoms with Gasteiger partial charge in [0, 0.05) is 18.0 Å². The molecule has 0 radical (unpaired) electrons. The normalized spacial score (nSPS) is 17.3. The summed E-state index contributed by atoms with van der Waals surface area (Å²) in [5.74, 6) is -0.228. The zero-order chi connectivity index (χ0) is 9.73. The van der Waals surface area contributed by atoms with Crippen molar-refractivity contribution in [2.45, 2.75) is 18.4 Å². The first-order chi connectivity index (χ1) is 6.25. The van der Waals surface area contributed by atoms with Gasteiger partial charge in [-0.1, -0.05) is 5.11 Å². The number of hydrogen-bond donors (Lipinski definition) is 1. The number of nitrogens with zero attached hydrogens (tertiary/aromatic N) is 3. The molecule has 1 aliphatic carbocycles. The summed E-state index contributed by atoms with van der Waals surface area (Å²) in [5, 5.41) is 6.37. The van der Waals surface area contributed by atoms with Crippen molar-refractivity contribution in [3.63, 3.8) is 0 Å². The van der Waals surface area contributed by atoms with Crippen LogP contribution >= 0.6 is 0 Å². The number of carbonyl (C=O) groups excluding carboxylic acids is 1. The lowest BCUT2D eigenvalue weighted by Gasteiger charge is -2.13. The molecule has 0 amide bonds. The summed E-state index contributed by atoms with van der Waals surface area (Å²) in [7, 11) is 1.37. The van der Waals surface area contributed by atoms with E-state index in [9.17, 15) is 4.79 Å². The lowest BCUT2D eigenvalue weighted by atomic mass is 10.3. The Hall–Kier alpha value is -1.26. The molecule has 0 atom stereocenters. The lowest BCUT2D eigenvalue weighted by molar-refractivity contribution is -0.144. The number of azide groups is 1. The highest BCUT2D eigenvalue weighted by Crippen LogP contribution is 2.36. The molecule has 6 nitrogen and oxygen atoms in total. The van der Waals surface area contributed by atoms with E-state index in [0.29, 0.717) is 13.1 Å². The van der Waals surface area contributed by atoms with Crippen LogP contribution in [0.4, 0.5) is 0 Å². The van der Waals surface area contributed by atoms with Crippen LogP contribution in [0.1, 0.15) is 12.8 Å². The largest absolute Gasteiger partial charge is 0.468 e. The Balaban J connectivity index is 2.27. The highest BCUT2D eigenvalue weighted by molar-refractivity contribution is 5.84. The molecule has 0 aromatic heterocycles. The molecule has 0 bridgehead atoms. The molecule has 0 saturated heterocycles. The zero-order valence-corrected chi connectivity index (χ0v) is 7.49. The van der Waals surface area contributed by atoms with E-state index in [2.05, 4.69) is 20.1 Å². The molecule has 1 saturated carbocycles. The van der Waals surface area contributed by atoms with E-state index in [4.69, 9.17) is 5.53 Å². The summed E-state index contributed by atoms with van der Waals surface area (Å²) in [4.78, 5) is 13.8. The molecular weight excluding hydrogens is 172 g/mol. The summed E-state index contributed by atoms with van der Waals surface area (Å²) in [5.41, 5.74) is 7.52. The topological polar surface area (TPSA) is 87.1 Å². The van der Waals surface area contributed by atoms with Crippen LogP contribution in [0, 0.1) is 0 Å². The number of esters is 1. The van der Waals surface area contributed by atoms with Crippen molar-refractivity contribution in [1.82, 2.24) is 5.32 Å². The Kier molecular flexibility index (Phi) is 3.11. The molecule has 1 N–H and O–H groups in total. The molecule has 6 heteroatoms. The molecule has 0 aromatic carbocycles. The zero-order valence-electron chi connectivity index (χ0n) is 7.49. The quantitative estimate of drug-likeness (QED) is 0.223. The van der Waals surface area contributed by atoms with Crippen LogP contribution in [0.3, 0.4) is 0 Å². The molecule has 0 unspecified atom stereocenters. The molecule has 0 aliphatic heterocycles. The molecule has 72 valence electrons. The van der Waals surface area contributed by atoms with Gasteiger partial charge in [0.25, 0.3) is 0 Å². The van der Waals surface area contributed by atoms with Crippen molar-refractivity contribution in [3.05, 3.63) is 10.4 Å². The Morgan fingerprint density at radius 3 is 2.92 bits per heavy atom. The summed E-state index contributed by atoms with van der Waals surface area (Å²) < 4.78 is 4.63. The predicted octanol–water partition coefficient (Wildman–Crippen LogP) is 0.592. The summed E-state index contributed by atoms with van der Waals surface area (Å²) in [6.45, 7) is 0.869. The average molecular weight is 184 g/mol. The van der Waals surface area contributed by atoms with Gasteiger partial charge in [0.2, 0.25) is 0 Å². The third-order valence-electron chi connectivity index (χ3n) is 2.06. The first-order valence-corrected chi connectivity index (χ1v) is 4.09. The lowest BCUT2D eigenvalue weighted by Crippen LogP contribution is -2.41. The van der Waals surface area contributed by atoms with Gasteiger partial charge in [0.05, 0.1) is 7.11 Å². The van der Waals surface area contributed by atoms with Crippen molar-refractivity contribution in [2.75, 3.05) is 20.2 Å². The summed E-state index contributed by atoms with van der Waals surface area (Å²) >= 11 is 0. The van der Waals surface area contributed by atoms with E-state index in [0.717, 1.165) is 12.8 Å². The smallest absolute Gasteiger partial charge is 0.326 e. The fourth-order valence-corrected chi connectivity index (χ4v) is 1.16. The monoisotopic (exact) mass is 184 g/mol. The van der Waals surface area contributed by atoms with Gasteiger partial charge in [0.15, 0.2) is 0 Å². The Morgan fingerprint density at radius 2 is 2.46 bits per heavy atom. The first kappa shape index (κ1) is 9.83. The maximum Gasteiger partial charge on any atom is 0.326 e. The van der Waals surface area contributed by atoms with Crippen LogP contribution in [-0.2, 0) is 9.53 Å². The summed E-state index contributed by atoms with van der Waals surface area (Å²) in [6.07, 6.45) is 1.60. The van der Waals surface area contributed by atoms with Gasteiger partial charge in [0.1, 0.15) is 5.54 Å². The second-order valence-electron chi connectivity index (χ2n) is 2.95. The minimum absolute atomic E-state index is 0.228. The Morgan fingerprint density at radius 1 is 1.77 bits per heavy atom. The minimum atomic E-state index is -0.486. The summed E-state index contributed by atoms with van der Waals surface area (Å²) in [6, 6.07) is 0. The number of ether oxygens (including phenoxy) is 1. The number of hydrogen-bond acceptors (Lipinski definition) is 4. The van der Waals surface area contributed by atoms with E-state index >= 15 is 0 Å². The third-order valence-corrected chi connectivity index (χ3v) is 2.06. The van der Waals surface area contributed by atoms with Crippen LogP contribution in [0.5, 0.6) is 0 Å². The fraction of sp³-hybridized carbons (Fsp3) is 0.857. The van der Waals surface area contributed by atoms with Crippen molar-refractivity contribution >= 4 is 5.97 Å². The minimum Gasteiger partial charge on any atom is -0.468 e. The van der Waals surface area contributed by atoms with Crippen molar-refractivity contribution in [2.24, 2.45) is 5.11 Å². The van der Waals surface area contributed by atoms with Gasteiger partial charge < -0.3 is 10.1 Å². The first-order valence-electron chi connectivity index (χ1n) is 4.09. The third kappa shape index (κ3) is 2.34. The average Bonchev–Trinajstić information content (AvgIpc) is 2.92. The SMILES string of the molecule is COC(=O)C1(NCCN=[N+]=[N-])CC1. The van der Waals surface area contributed by atoms with Gasteiger partial charge in [-0.2, -0.15) is 0 Å². The second kappa shape index (κ2) is 4.11. The van der Waals surface area contributed by atoms with E-state index in [-0.39, 0.29) is 5.97 Å². The van der Waals surface area contributed by atoms with Crippen molar-refractivity contribution in [3.8, 4) is 0 Å². The van der Waals surface area contributed by atoms with Gasteiger partial charge in [-0.3, -0.25) is 4.79 Å². The number of nitrogens with one attached hydrogen (secondary N) is 1. The molecule has 1 rings (SSSR count). The maximum absolute atomic E-state index is 11.2. The van der Waals surface area contributed by atoms with Crippen LogP contribution in [0.2, 0.25) is 0 Å². The van der Waals surface area contributed by atoms with E-state index in [1.165, 1.54) is 7.11 Å². The molecule has 0 spiro atoms. The van der Waals surface area contributed by atoms with Gasteiger partial charge in [-0.15, -0.1) is 0 Å². The Labute approximate surface area is 75.9 Å². The van der Waals surface area contributed by atoms with E-state index in [1.807, 2.05) is 0 Å². The molecule has 0 aromatic rings. The highest BCUT2D eigenvalue weighted by atomic mass is 16.5. The second-order valence-corrected chi connectivity index (χ2v) is 2.95. The van der Waals surface area contributed by atoms with Crippen LogP contribution in [0.25, 0.3) is 10.4 Å². The predicted molar refractivity (Wildman–Crippen MR) is 46.0 cm³/mol. The number of rotatable bonds is 5. The fourth-order valence-electron chi connectivity index (χ4n) is 1.16. The van der Waals surface area contributed by atoms with Crippen LogP contribution < -0.4 is 5.32 Å². The van der Waals surface area contributed by atoms with Crippen molar-refractivity contribution < 1.29 is 9.53 Å². The van der Waals surface area contributed by atoms with E-state index in [1.54, 1.807) is 0 Å². The van der Waals surface area contributed by atoms with Crippen LogP contribution in [0.15, 0.2) is 5.11 Å². The standard InChI is InChI=1S/C7H12N4O2/c1-13-6(12)7(2-3-7)9-4-5-10-11-8/h9H,2-5H2,1H3. The van der Waals surface area contributed by atoms with Gasteiger partial charge in [-0.25, -0.2) is 0 Å². The maximum atomic E-state index is 11.2. The van der Waals surface area contributed by atoms with Gasteiger partial charge in [-0.05, 0) is 18.4 Å². The molecule has 1 aliphatic rings. The molecule has 0 heterocycles. The molecular formula is C7H12N4O2. The van der Waals surface area contributed by atoms with Crippen LogP contribution in [-0.4, -0.2) is 31.7 Å². The Bertz CT molecular complexity index is 243. The van der Waals surface area contributed by atoms with Gasteiger partial charge >= 0.3 is 5.97 Å². The molecule has 13 heavy (non-hydrogen) atoms. The van der Waals surface area contributed by atoms with E-state index < -0.39 is 5.54 Å².